The lowest BCUT2D eigenvalue weighted by Crippen LogP contribution is -2.14. The van der Waals surface area contributed by atoms with E-state index in [1.165, 1.54) is 0 Å². The molecule has 0 radical (unpaired) electrons. The Kier molecular flexibility index (Phi) is 2.46. The van der Waals surface area contributed by atoms with Gasteiger partial charge in [-0.25, -0.2) is 0 Å². The molecule has 0 spiro atoms. The molecule has 0 saturated carbocycles. The third-order valence-electron chi connectivity index (χ3n) is 1.56. The Hall–Kier alpha value is -1.06. The van der Waals surface area contributed by atoms with Crippen LogP contribution in [0.25, 0.3) is 5.73 Å². The summed E-state index contributed by atoms with van der Waals surface area (Å²) in [6.45, 7) is -0.115. The van der Waals surface area contributed by atoms with Crippen LogP contribution in [-0.2, 0) is 0 Å². The molecule has 0 aliphatic rings. The number of hydrogen-bond donors (Lipinski definition) is 2. The number of hydrogen-bond acceptors (Lipinski definition) is 2. The highest BCUT2D eigenvalue weighted by molar-refractivity contribution is 5.51. The lowest BCUT2D eigenvalue weighted by atomic mass is 10.1. The van der Waals surface area contributed by atoms with Crippen molar-refractivity contribution < 1.29 is 5.11 Å². The van der Waals surface area contributed by atoms with E-state index in [1.807, 2.05) is 6.07 Å². The second-order valence-electron chi connectivity index (χ2n) is 2.38. The fourth-order valence-electron chi connectivity index (χ4n) is 0.919. The van der Waals surface area contributed by atoms with Gasteiger partial charge in [-0.1, -0.05) is 24.3 Å². The van der Waals surface area contributed by atoms with E-state index < -0.39 is 6.04 Å². The van der Waals surface area contributed by atoms with Gasteiger partial charge in [-0.2, -0.15) is 0 Å². The zero-order valence-electron chi connectivity index (χ0n) is 6.12. The smallest absolute Gasteiger partial charge is 0.0623 e. The van der Waals surface area contributed by atoms with Gasteiger partial charge in [-0.15, -0.1) is 5.69 Å². The van der Waals surface area contributed by atoms with Crippen molar-refractivity contribution in [2.45, 2.75) is 6.04 Å². The average Bonchev–Trinajstić information content (AvgIpc) is 2.04. The second kappa shape index (κ2) is 3.37. The van der Waals surface area contributed by atoms with Crippen LogP contribution in [0.5, 0.6) is 0 Å². The maximum atomic E-state index is 8.70. The standard InChI is InChI=1S/C8H11N2O/c9-7-4-2-1-3-6(7)8(10)5-11/h1-4,8-9,11H,5,10H2/q-1. The van der Waals surface area contributed by atoms with Crippen LogP contribution in [-0.4, -0.2) is 11.7 Å². The van der Waals surface area contributed by atoms with Crippen molar-refractivity contribution in [1.29, 1.82) is 0 Å². The Morgan fingerprint density at radius 2 is 2.09 bits per heavy atom. The number of benzene rings is 1. The molecule has 1 aromatic carbocycles. The van der Waals surface area contributed by atoms with Crippen LogP contribution in [0, 0.1) is 0 Å². The SMILES string of the molecule is [NH-]c1ccccc1C(N)CO. The van der Waals surface area contributed by atoms with Crippen molar-refractivity contribution in [2.24, 2.45) is 5.73 Å². The zero-order valence-corrected chi connectivity index (χ0v) is 6.12. The van der Waals surface area contributed by atoms with Crippen LogP contribution in [0.1, 0.15) is 11.6 Å². The van der Waals surface area contributed by atoms with Gasteiger partial charge in [0.25, 0.3) is 0 Å². The van der Waals surface area contributed by atoms with Gasteiger partial charge >= 0.3 is 0 Å². The van der Waals surface area contributed by atoms with E-state index in [0.717, 1.165) is 0 Å². The topological polar surface area (TPSA) is 70.0 Å². The van der Waals surface area contributed by atoms with Gasteiger partial charge in [0.15, 0.2) is 0 Å². The molecule has 1 aromatic rings. The van der Waals surface area contributed by atoms with Crippen LogP contribution >= 0.6 is 0 Å². The number of rotatable bonds is 2. The minimum atomic E-state index is -0.427. The lowest BCUT2D eigenvalue weighted by Gasteiger charge is -2.15. The quantitative estimate of drug-likeness (QED) is 0.670. The normalized spacial score (nSPS) is 12.9. The zero-order chi connectivity index (χ0) is 8.27. The molecule has 11 heavy (non-hydrogen) atoms. The van der Waals surface area contributed by atoms with Crippen molar-refractivity contribution >= 4 is 5.69 Å². The highest BCUT2D eigenvalue weighted by Crippen LogP contribution is 2.21. The summed E-state index contributed by atoms with van der Waals surface area (Å²) in [4.78, 5) is 0. The van der Waals surface area contributed by atoms with E-state index in [-0.39, 0.29) is 6.61 Å². The van der Waals surface area contributed by atoms with Crippen molar-refractivity contribution in [3.63, 3.8) is 0 Å². The molecule has 1 atom stereocenters. The molecule has 0 aliphatic carbocycles. The van der Waals surface area contributed by atoms with Crippen LogP contribution in [0.4, 0.5) is 5.69 Å². The van der Waals surface area contributed by atoms with Crippen LogP contribution in [0.2, 0.25) is 0 Å². The number of nitrogens with one attached hydrogen (secondary N) is 1. The van der Waals surface area contributed by atoms with E-state index >= 15 is 0 Å². The van der Waals surface area contributed by atoms with Gasteiger partial charge in [0.1, 0.15) is 0 Å². The first kappa shape index (κ1) is 8.04. The molecule has 1 rings (SSSR count). The Morgan fingerprint density at radius 1 is 1.45 bits per heavy atom. The van der Waals surface area contributed by atoms with Gasteiger partial charge in [-0.05, 0) is 5.56 Å². The Bertz CT molecular complexity index is 237. The molecule has 0 bridgehead atoms. The van der Waals surface area contributed by atoms with E-state index in [4.69, 9.17) is 16.6 Å². The monoisotopic (exact) mass is 151 g/mol. The molecule has 0 saturated heterocycles. The largest absolute Gasteiger partial charge is 0.698 e. The summed E-state index contributed by atoms with van der Waals surface area (Å²) < 4.78 is 0. The molecule has 0 aliphatic heterocycles. The molecule has 60 valence electrons. The Labute approximate surface area is 65.6 Å². The number of aliphatic hydroxyl groups excluding tert-OH is 1. The summed E-state index contributed by atoms with van der Waals surface area (Å²) in [6, 6.07) is 6.57. The summed E-state index contributed by atoms with van der Waals surface area (Å²) >= 11 is 0. The Balaban J connectivity index is 2.93. The molecule has 0 heterocycles. The highest BCUT2D eigenvalue weighted by atomic mass is 16.3. The van der Waals surface area contributed by atoms with E-state index in [1.54, 1.807) is 18.2 Å². The summed E-state index contributed by atoms with van der Waals surface area (Å²) in [5.74, 6) is 0. The second-order valence-corrected chi connectivity index (χ2v) is 2.38. The minimum absolute atomic E-state index is 0.115. The lowest BCUT2D eigenvalue weighted by molar-refractivity contribution is 0.268. The molecule has 0 fully saturated rings. The van der Waals surface area contributed by atoms with Crippen LogP contribution < -0.4 is 5.73 Å². The summed E-state index contributed by atoms with van der Waals surface area (Å²) in [5.41, 5.74) is 14.0. The summed E-state index contributed by atoms with van der Waals surface area (Å²) in [6.07, 6.45) is 0. The van der Waals surface area contributed by atoms with E-state index in [9.17, 15) is 0 Å². The van der Waals surface area contributed by atoms with Gasteiger partial charge in [-0.3, -0.25) is 0 Å². The van der Waals surface area contributed by atoms with E-state index in [2.05, 4.69) is 0 Å². The van der Waals surface area contributed by atoms with Gasteiger partial charge in [0.2, 0.25) is 0 Å². The fraction of sp³-hybridized carbons (Fsp3) is 0.250. The maximum absolute atomic E-state index is 8.70. The van der Waals surface area contributed by atoms with Crippen LogP contribution in [0.3, 0.4) is 0 Å². The highest BCUT2D eigenvalue weighted by Gasteiger charge is 2.02. The predicted octanol–water partition coefficient (Wildman–Crippen LogP) is 1.36. The Morgan fingerprint density at radius 3 is 2.64 bits per heavy atom. The van der Waals surface area contributed by atoms with Crippen molar-refractivity contribution in [3.05, 3.63) is 35.6 Å². The molecule has 4 N–H and O–H groups in total. The predicted molar refractivity (Wildman–Crippen MR) is 44.4 cm³/mol. The minimum Gasteiger partial charge on any atom is -0.698 e. The number of nitrogens with two attached hydrogens (primary N) is 1. The van der Waals surface area contributed by atoms with Crippen molar-refractivity contribution in [3.8, 4) is 0 Å². The fourth-order valence-corrected chi connectivity index (χ4v) is 0.919. The summed E-state index contributed by atoms with van der Waals surface area (Å²) in [7, 11) is 0. The average molecular weight is 151 g/mol. The van der Waals surface area contributed by atoms with Crippen LogP contribution in [0.15, 0.2) is 24.3 Å². The third kappa shape index (κ3) is 1.69. The van der Waals surface area contributed by atoms with Gasteiger partial charge in [0, 0.05) is 0 Å². The first-order chi connectivity index (χ1) is 5.25. The molecule has 3 nitrogen and oxygen atoms in total. The first-order valence-electron chi connectivity index (χ1n) is 3.42. The molecule has 3 heteroatoms. The van der Waals surface area contributed by atoms with Crippen molar-refractivity contribution in [1.82, 2.24) is 0 Å². The molecule has 0 aromatic heterocycles. The third-order valence-corrected chi connectivity index (χ3v) is 1.56. The molecule has 1 unspecified atom stereocenters. The van der Waals surface area contributed by atoms with Gasteiger partial charge in [0.05, 0.1) is 12.6 Å². The van der Waals surface area contributed by atoms with E-state index in [0.29, 0.717) is 11.3 Å². The molecular formula is C8H11N2O-. The number of aliphatic hydroxyl groups is 1. The van der Waals surface area contributed by atoms with Crippen molar-refractivity contribution in [2.75, 3.05) is 6.61 Å². The summed E-state index contributed by atoms with van der Waals surface area (Å²) in [5, 5.41) is 8.70. The van der Waals surface area contributed by atoms with Gasteiger partial charge < -0.3 is 16.6 Å². The first-order valence-corrected chi connectivity index (χ1v) is 3.42. The molecule has 0 amide bonds. The maximum Gasteiger partial charge on any atom is 0.0623 e. The molecular weight excluding hydrogens is 140 g/mol.